The lowest BCUT2D eigenvalue weighted by Gasteiger charge is -2.41. The second-order valence-corrected chi connectivity index (χ2v) is 24.3. The molecule has 1 heterocycles. The third kappa shape index (κ3) is 48.4. The number of nitrogens with one attached hydrogen (secondary N) is 1. The highest BCUT2D eigenvalue weighted by Gasteiger charge is 2.47. The van der Waals surface area contributed by atoms with Crippen molar-refractivity contribution in [3.8, 4) is 0 Å². The van der Waals surface area contributed by atoms with Gasteiger partial charge in [-0.05, 0) is 103 Å². The SMILES string of the molecule is CCCCC/C=C\C/C=C\C/C=C\C/C=C\CCCCCCCC(=O)OC1C(OCC(NC(=O)C(O)CCCCCCCCCCCCCC/C=C\C/C=C\CCCCC)C(O)/C=C/CCCCCCCCCCCCC)OC(CO)C(O)C1O. The van der Waals surface area contributed by atoms with Crippen LogP contribution in [-0.4, -0.2) is 99.6 Å². The van der Waals surface area contributed by atoms with Crippen molar-refractivity contribution in [1.82, 2.24) is 5.32 Å². The molecule has 85 heavy (non-hydrogen) atoms. The Morgan fingerprint density at radius 1 is 0.459 bits per heavy atom. The Bertz CT molecular complexity index is 1710. The van der Waals surface area contributed by atoms with Gasteiger partial charge < -0.3 is 45.1 Å². The average Bonchev–Trinajstić information content (AvgIpc) is 2.48. The normalized spacial score (nSPS) is 18.9. The molecule has 0 saturated carbocycles. The van der Waals surface area contributed by atoms with Crippen LogP contribution in [0.15, 0.2) is 85.1 Å². The number of hydrogen-bond donors (Lipinski definition) is 6. The van der Waals surface area contributed by atoms with Gasteiger partial charge in [0.15, 0.2) is 12.4 Å². The third-order valence-electron chi connectivity index (χ3n) is 16.3. The molecule has 8 unspecified atom stereocenters. The van der Waals surface area contributed by atoms with Crippen LogP contribution < -0.4 is 5.32 Å². The van der Waals surface area contributed by atoms with Gasteiger partial charge in [-0.2, -0.15) is 0 Å². The summed E-state index contributed by atoms with van der Waals surface area (Å²) in [6, 6.07) is -1.03. The van der Waals surface area contributed by atoms with Crippen molar-refractivity contribution in [2.45, 2.75) is 359 Å². The summed E-state index contributed by atoms with van der Waals surface area (Å²) in [5.74, 6) is -1.21. The van der Waals surface area contributed by atoms with Crippen LogP contribution in [0.1, 0.15) is 310 Å². The number of hydrogen-bond acceptors (Lipinski definition) is 10. The summed E-state index contributed by atoms with van der Waals surface area (Å²) in [4.78, 5) is 26.7. The molecule has 0 aromatic rings. The molecular weight excluding hydrogens is 1060 g/mol. The average molecular weight is 1190 g/mol. The van der Waals surface area contributed by atoms with Crippen molar-refractivity contribution < 1.29 is 49.3 Å². The first-order valence-electron chi connectivity index (χ1n) is 35.4. The van der Waals surface area contributed by atoms with Crippen molar-refractivity contribution in [2.75, 3.05) is 13.2 Å². The number of aliphatic hydroxyl groups is 5. The smallest absolute Gasteiger partial charge is 0.306 e. The van der Waals surface area contributed by atoms with Crippen molar-refractivity contribution in [3.05, 3.63) is 85.1 Å². The van der Waals surface area contributed by atoms with Gasteiger partial charge in [0.25, 0.3) is 0 Å². The minimum atomic E-state index is -1.63. The number of aliphatic hydroxyl groups excluding tert-OH is 5. The Kier molecular flexibility index (Phi) is 57.4. The Balaban J connectivity index is 2.62. The van der Waals surface area contributed by atoms with Gasteiger partial charge in [0.2, 0.25) is 5.91 Å². The largest absolute Gasteiger partial charge is 0.454 e. The molecule has 1 saturated heterocycles. The maximum absolute atomic E-state index is 13.5. The highest BCUT2D eigenvalue weighted by Crippen LogP contribution is 2.26. The topological polar surface area (TPSA) is 175 Å². The van der Waals surface area contributed by atoms with E-state index in [0.717, 1.165) is 96.3 Å². The number of rotatable bonds is 60. The zero-order valence-electron chi connectivity index (χ0n) is 54.7. The van der Waals surface area contributed by atoms with Crippen molar-refractivity contribution in [1.29, 1.82) is 0 Å². The second-order valence-electron chi connectivity index (χ2n) is 24.3. The summed E-state index contributed by atoms with van der Waals surface area (Å²) in [6.07, 6.45) is 70.4. The van der Waals surface area contributed by atoms with Crippen molar-refractivity contribution in [2.24, 2.45) is 0 Å². The van der Waals surface area contributed by atoms with Crippen LogP contribution in [0.25, 0.3) is 0 Å². The number of ether oxygens (including phenoxy) is 3. The molecule has 0 aromatic carbocycles. The molecule has 0 bridgehead atoms. The molecule has 1 fully saturated rings. The predicted molar refractivity (Wildman–Crippen MR) is 356 cm³/mol. The summed E-state index contributed by atoms with van der Waals surface area (Å²) in [7, 11) is 0. The van der Waals surface area contributed by atoms with Gasteiger partial charge >= 0.3 is 5.97 Å². The van der Waals surface area contributed by atoms with Crippen LogP contribution in [0.3, 0.4) is 0 Å². The molecule has 0 radical (unpaired) electrons. The van der Waals surface area contributed by atoms with E-state index in [2.05, 4.69) is 99.0 Å². The summed E-state index contributed by atoms with van der Waals surface area (Å²) < 4.78 is 17.7. The van der Waals surface area contributed by atoms with Crippen LogP contribution in [0.2, 0.25) is 0 Å². The minimum Gasteiger partial charge on any atom is -0.454 e. The molecule has 1 amide bonds. The van der Waals surface area contributed by atoms with Crippen molar-refractivity contribution in [3.63, 3.8) is 0 Å². The Hall–Kier alpha value is -3.16. The summed E-state index contributed by atoms with van der Waals surface area (Å²) in [5.41, 5.74) is 0. The molecule has 6 N–H and O–H groups in total. The summed E-state index contributed by atoms with van der Waals surface area (Å²) >= 11 is 0. The van der Waals surface area contributed by atoms with Crippen molar-refractivity contribution >= 4 is 11.9 Å². The lowest BCUT2D eigenvalue weighted by molar-refractivity contribution is -0.305. The first-order valence-corrected chi connectivity index (χ1v) is 35.4. The highest BCUT2D eigenvalue weighted by molar-refractivity contribution is 5.80. The van der Waals surface area contributed by atoms with E-state index < -0.39 is 67.4 Å². The maximum Gasteiger partial charge on any atom is 0.306 e. The summed E-state index contributed by atoms with van der Waals surface area (Å²) in [5, 5.41) is 57.3. The van der Waals surface area contributed by atoms with E-state index in [4.69, 9.17) is 14.2 Å². The maximum atomic E-state index is 13.5. The lowest BCUT2D eigenvalue weighted by Crippen LogP contribution is -2.61. The quantitative estimate of drug-likeness (QED) is 0.0195. The fourth-order valence-electron chi connectivity index (χ4n) is 10.7. The monoisotopic (exact) mass is 1190 g/mol. The first-order chi connectivity index (χ1) is 41.7. The van der Waals surface area contributed by atoms with Crippen LogP contribution in [0.4, 0.5) is 0 Å². The minimum absolute atomic E-state index is 0.100. The number of amides is 1. The molecule has 1 rings (SSSR count). The van der Waals surface area contributed by atoms with Gasteiger partial charge in [-0.15, -0.1) is 0 Å². The van der Waals surface area contributed by atoms with E-state index in [-0.39, 0.29) is 19.4 Å². The number of allylic oxidation sites excluding steroid dienone is 13. The van der Waals surface area contributed by atoms with Gasteiger partial charge in [0, 0.05) is 6.42 Å². The van der Waals surface area contributed by atoms with Gasteiger partial charge in [0.05, 0.1) is 25.4 Å². The predicted octanol–water partition coefficient (Wildman–Crippen LogP) is 18.1. The molecular formula is C74H131NO10. The molecule has 11 nitrogen and oxygen atoms in total. The lowest BCUT2D eigenvalue weighted by atomic mass is 9.99. The van der Waals surface area contributed by atoms with Gasteiger partial charge in [-0.1, -0.05) is 286 Å². The first kappa shape index (κ1) is 79.9. The van der Waals surface area contributed by atoms with E-state index in [1.165, 1.54) is 167 Å². The highest BCUT2D eigenvalue weighted by atomic mass is 16.7. The number of unbranched alkanes of at least 4 members (excludes halogenated alkanes) is 34. The van der Waals surface area contributed by atoms with Crippen LogP contribution in [0, 0.1) is 0 Å². The Morgan fingerprint density at radius 3 is 1.24 bits per heavy atom. The molecule has 1 aliphatic heterocycles. The number of esters is 1. The zero-order valence-corrected chi connectivity index (χ0v) is 54.7. The third-order valence-corrected chi connectivity index (χ3v) is 16.3. The van der Waals surface area contributed by atoms with Crippen LogP contribution in [0.5, 0.6) is 0 Å². The van der Waals surface area contributed by atoms with E-state index in [0.29, 0.717) is 12.8 Å². The van der Waals surface area contributed by atoms with E-state index >= 15 is 0 Å². The van der Waals surface area contributed by atoms with Crippen LogP contribution >= 0.6 is 0 Å². The fraction of sp³-hybridized carbons (Fsp3) is 0.784. The molecule has 0 spiro atoms. The van der Waals surface area contributed by atoms with E-state index in [1.54, 1.807) is 6.08 Å². The summed E-state index contributed by atoms with van der Waals surface area (Å²) in [6.45, 7) is 5.76. The molecule has 1 aliphatic rings. The van der Waals surface area contributed by atoms with Gasteiger partial charge in [-0.3, -0.25) is 9.59 Å². The Morgan fingerprint density at radius 2 is 0.812 bits per heavy atom. The second kappa shape index (κ2) is 61.1. The van der Waals surface area contributed by atoms with E-state index in [1.807, 2.05) is 6.08 Å². The molecule has 0 aromatic heterocycles. The van der Waals surface area contributed by atoms with Crippen LogP contribution in [-0.2, 0) is 23.8 Å². The van der Waals surface area contributed by atoms with Gasteiger partial charge in [0.1, 0.15) is 24.4 Å². The number of carbonyl (C=O) groups excluding carboxylic acids is 2. The molecule has 11 heteroatoms. The zero-order chi connectivity index (χ0) is 61.7. The van der Waals surface area contributed by atoms with E-state index in [9.17, 15) is 35.1 Å². The molecule has 8 atom stereocenters. The van der Waals surface area contributed by atoms with Gasteiger partial charge in [-0.25, -0.2) is 0 Å². The molecule has 492 valence electrons. The fourth-order valence-corrected chi connectivity index (χ4v) is 10.7. The Labute approximate surface area is 521 Å². The standard InChI is InChI=1S/C74H131NO10/c1-4-7-10-13-16-19-22-25-27-29-31-33-35-36-38-40-43-46-49-52-55-58-61-67(78)73(82)75-65(66(77)60-57-54-51-48-45-42-24-21-18-15-12-9-6-3)64-83-74-72(71(81)70(80)68(63-76)84-74)85-69(79)62-59-56-53-50-47-44-41-39-37-34-32-30-28-26-23-20-17-14-11-8-5-2/h16-17,19-20,25-28,32,34,39,41,57,60,65-68,70-72,74,76-78,80-81H,4-15,18,21-24,29-31,33,35-38,40,42-56,58-59,61-64H2,1-3H3,(H,75,82)/b19-16-,20-17-,27-25-,28-26-,34-32-,41-39-,60-57+. The number of carbonyl (C=O) groups is 2. The molecule has 0 aliphatic carbocycles.